The van der Waals surface area contributed by atoms with E-state index in [9.17, 15) is 4.39 Å². The van der Waals surface area contributed by atoms with Crippen LogP contribution in [0.5, 0.6) is 0 Å². The molecule has 3 N–H and O–H groups in total. The maximum atomic E-state index is 14.0. The fourth-order valence-corrected chi connectivity index (χ4v) is 2.19. The van der Waals surface area contributed by atoms with Gasteiger partial charge in [-0.3, -0.25) is 5.41 Å². The molecule has 2 aromatic carbocycles. The lowest BCUT2D eigenvalue weighted by Gasteiger charge is -2.20. The Morgan fingerprint density at radius 2 is 2.05 bits per heavy atom. The van der Waals surface area contributed by atoms with Crippen molar-refractivity contribution in [2.45, 2.75) is 6.54 Å². The Morgan fingerprint density at radius 3 is 2.65 bits per heavy atom. The van der Waals surface area contributed by atoms with Crippen LogP contribution in [0.2, 0.25) is 5.02 Å². The topological polar surface area (TPSA) is 53.1 Å². The van der Waals surface area contributed by atoms with Crippen molar-refractivity contribution in [3.05, 3.63) is 64.4 Å². The fourth-order valence-electron chi connectivity index (χ4n) is 1.98. The van der Waals surface area contributed by atoms with Gasteiger partial charge in [0, 0.05) is 24.2 Å². The number of nitrogen functional groups attached to an aromatic ring is 1. The van der Waals surface area contributed by atoms with Crippen molar-refractivity contribution >= 4 is 23.1 Å². The molecule has 104 valence electrons. The molecule has 5 heteroatoms. The van der Waals surface area contributed by atoms with E-state index in [1.165, 1.54) is 6.07 Å². The molecule has 0 saturated carbocycles. The minimum Gasteiger partial charge on any atom is -0.384 e. The second-order valence-electron chi connectivity index (χ2n) is 4.57. The fraction of sp³-hybridized carbons (Fsp3) is 0.133. The van der Waals surface area contributed by atoms with Crippen LogP contribution < -0.4 is 10.6 Å². The molecule has 0 heterocycles. The summed E-state index contributed by atoms with van der Waals surface area (Å²) >= 11 is 5.93. The van der Waals surface area contributed by atoms with Crippen LogP contribution in [-0.2, 0) is 6.54 Å². The van der Waals surface area contributed by atoms with Crippen LogP contribution in [-0.4, -0.2) is 12.9 Å². The predicted molar refractivity (Wildman–Crippen MR) is 81.0 cm³/mol. The van der Waals surface area contributed by atoms with Crippen LogP contribution in [0.4, 0.5) is 10.1 Å². The van der Waals surface area contributed by atoms with Crippen LogP contribution in [0.15, 0.2) is 42.5 Å². The van der Waals surface area contributed by atoms with Gasteiger partial charge in [-0.25, -0.2) is 4.39 Å². The number of anilines is 1. The summed E-state index contributed by atoms with van der Waals surface area (Å²) in [4.78, 5) is 1.78. The van der Waals surface area contributed by atoms with E-state index in [-0.39, 0.29) is 5.84 Å². The summed E-state index contributed by atoms with van der Waals surface area (Å²) in [6.45, 7) is 0.539. The summed E-state index contributed by atoms with van der Waals surface area (Å²) in [5.41, 5.74) is 7.16. The lowest BCUT2D eigenvalue weighted by Crippen LogP contribution is -2.18. The number of halogens is 2. The maximum absolute atomic E-state index is 14.0. The molecular weight excluding hydrogens is 277 g/mol. The van der Waals surface area contributed by atoms with Gasteiger partial charge in [0.25, 0.3) is 0 Å². The number of hydrogen-bond donors (Lipinski definition) is 2. The summed E-state index contributed by atoms with van der Waals surface area (Å²) in [6, 6.07) is 12.0. The number of nitrogens with zero attached hydrogens (tertiary/aromatic N) is 1. The molecule has 0 amide bonds. The number of hydrogen-bond acceptors (Lipinski definition) is 2. The molecule has 20 heavy (non-hydrogen) atoms. The van der Waals surface area contributed by atoms with Gasteiger partial charge in [0.2, 0.25) is 0 Å². The van der Waals surface area contributed by atoms with Crippen molar-refractivity contribution < 1.29 is 4.39 Å². The SMILES string of the molecule is CN(Cc1cccc(Cl)c1)c1ccc(C(=N)N)cc1F. The number of rotatable bonds is 4. The zero-order valence-corrected chi connectivity index (χ0v) is 11.8. The van der Waals surface area contributed by atoms with Gasteiger partial charge in [0.15, 0.2) is 0 Å². The molecule has 0 unspecified atom stereocenters. The van der Waals surface area contributed by atoms with Crippen LogP contribution in [0.3, 0.4) is 0 Å². The third-order valence-electron chi connectivity index (χ3n) is 2.98. The van der Waals surface area contributed by atoms with Gasteiger partial charge in [-0.05, 0) is 35.9 Å². The van der Waals surface area contributed by atoms with Gasteiger partial charge in [-0.15, -0.1) is 0 Å². The molecule has 0 aliphatic rings. The predicted octanol–water partition coefficient (Wildman–Crippen LogP) is 3.40. The van der Waals surface area contributed by atoms with E-state index >= 15 is 0 Å². The second kappa shape index (κ2) is 5.92. The quantitative estimate of drug-likeness (QED) is 0.670. The Kier molecular flexibility index (Phi) is 4.25. The van der Waals surface area contributed by atoms with Gasteiger partial charge in [-0.1, -0.05) is 23.7 Å². The van der Waals surface area contributed by atoms with E-state index in [0.29, 0.717) is 22.8 Å². The van der Waals surface area contributed by atoms with Crippen LogP contribution in [0.25, 0.3) is 0 Å². The normalized spacial score (nSPS) is 10.3. The van der Waals surface area contributed by atoms with Crippen LogP contribution in [0.1, 0.15) is 11.1 Å². The highest BCUT2D eigenvalue weighted by atomic mass is 35.5. The van der Waals surface area contributed by atoms with E-state index in [0.717, 1.165) is 5.56 Å². The first-order valence-electron chi connectivity index (χ1n) is 6.07. The van der Waals surface area contributed by atoms with Gasteiger partial charge in [-0.2, -0.15) is 0 Å². The van der Waals surface area contributed by atoms with Crippen molar-refractivity contribution in [2.75, 3.05) is 11.9 Å². The van der Waals surface area contributed by atoms with Crippen molar-refractivity contribution in [3.63, 3.8) is 0 Å². The molecule has 0 bridgehead atoms. The molecule has 0 spiro atoms. The monoisotopic (exact) mass is 291 g/mol. The molecule has 0 aliphatic heterocycles. The van der Waals surface area contributed by atoms with Crippen molar-refractivity contribution in [2.24, 2.45) is 5.73 Å². The van der Waals surface area contributed by atoms with E-state index in [1.807, 2.05) is 18.2 Å². The second-order valence-corrected chi connectivity index (χ2v) is 5.00. The molecule has 2 rings (SSSR count). The van der Waals surface area contributed by atoms with Gasteiger partial charge in [0.05, 0.1) is 5.69 Å². The van der Waals surface area contributed by atoms with Crippen LogP contribution in [0, 0.1) is 11.2 Å². The molecule has 0 atom stereocenters. The third-order valence-corrected chi connectivity index (χ3v) is 3.21. The molecule has 2 aromatic rings. The largest absolute Gasteiger partial charge is 0.384 e. The van der Waals surface area contributed by atoms with Crippen molar-refractivity contribution in [3.8, 4) is 0 Å². The molecule has 0 aliphatic carbocycles. The van der Waals surface area contributed by atoms with E-state index < -0.39 is 5.82 Å². The summed E-state index contributed by atoms with van der Waals surface area (Å²) in [5, 5.41) is 7.95. The zero-order valence-electron chi connectivity index (χ0n) is 11.0. The molecular formula is C15H15ClFN3. The Labute approximate surface area is 122 Å². The average Bonchev–Trinajstić information content (AvgIpc) is 2.38. The van der Waals surface area contributed by atoms with Gasteiger partial charge < -0.3 is 10.6 Å². The maximum Gasteiger partial charge on any atom is 0.147 e. The highest BCUT2D eigenvalue weighted by Gasteiger charge is 2.10. The van der Waals surface area contributed by atoms with Gasteiger partial charge >= 0.3 is 0 Å². The lowest BCUT2D eigenvalue weighted by molar-refractivity contribution is 0.622. The summed E-state index contributed by atoms with van der Waals surface area (Å²) in [6.07, 6.45) is 0. The van der Waals surface area contributed by atoms with E-state index in [1.54, 1.807) is 30.1 Å². The highest BCUT2D eigenvalue weighted by Crippen LogP contribution is 2.22. The standard InChI is InChI=1S/C15H15ClFN3/c1-20(9-10-3-2-4-12(16)7-10)14-6-5-11(15(18)19)8-13(14)17/h2-8H,9H2,1H3,(H3,18,19). The Balaban J connectivity index is 2.21. The first kappa shape index (κ1) is 14.3. The number of benzene rings is 2. The molecule has 0 fully saturated rings. The first-order valence-corrected chi connectivity index (χ1v) is 6.44. The Bertz CT molecular complexity index is 643. The highest BCUT2D eigenvalue weighted by molar-refractivity contribution is 6.30. The minimum atomic E-state index is -0.401. The van der Waals surface area contributed by atoms with Crippen LogP contribution >= 0.6 is 11.6 Å². The Hall–Kier alpha value is -2.07. The number of nitrogens with two attached hydrogens (primary N) is 1. The molecule has 0 saturated heterocycles. The van der Waals surface area contributed by atoms with Crippen molar-refractivity contribution in [1.82, 2.24) is 0 Å². The molecule has 3 nitrogen and oxygen atoms in total. The molecule has 0 aromatic heterocycles. The smallest absolute Gasteiger partial charge is 0.147 e. The molecule has 0 radical (unpaired) electrons. The number of amidine groups is 1. The number of nitrogens with one attached hydrogen (secondary N) is 1. The third kappa shape index (κ3) is 3.27. The summed E-state index contributed by atoms with van der Waals surface area (Å²) < 4.78 is 14.0. The zero-order chi connectivity index (χ0) is 14.7. The van der Waals surface area contributed by atoms with Gasteiger partial charge in [0.1, 0.15) is 11.7 Å². The minimum absolute atomic E-state index is 0.145. The lowest BCUT2D eigenvalue weighted by atomic mass is 10.1. The summed E-state index contributed by atoms with van der Waals surface area (Å²) in [7, 11) is 1.80. The van der Waals surface area contributed by atoms with E-state index in [2.05, 4.69) is 0 Å². The van der Waals surface area contributed by atoms with E-state index in [4.69, 9.17) is 22.7 Å². The first-order chi connectivity index (χ1) is 9.47. The van der Waals surface area contributed by atoms with Crippen molar-refractivity contribution in [1.29, 1.82) is 5.41 Å². The Morgan fingerprint density at radius 1 is 1.30 bits per heavy atom. The summed E-state index contributed by atoms with van der Waals surface area (Å²) in [5.74, 6) is -0.546. The average molecular weight is 292 g/mol.